The molecule has 3 rings (SSSR count). The van der Waals surface area contributed by atoms with Crippen molar-refractivity contribution in [3.8, 4) is 0 Å². The van der Waals surface area contributed by atoms with Crippen molar-refractivity contribution in [2.24, 2.45) is 5.73 Å². The fraction of sp³-hybridized carbons (Fsp3) is 0.294. The predicted octanol–water partition coefficient (Wildman–Crippen LogP) is 3.43. The SMILES string of the molecule is NC(Cc1ccc(F)cc1)C1CCc2ccccc21. The maximum absolute atomic E-state index is 12.9. The third kappa shape index (κ3) is 2.54. The van der Waals surface area contributed by atoms with Gasteiger partial charge in [0.1, 0.15) is 5.82 Å². The van der Waals surface area contributed by atoms with Gasteiger partial charge < -0.3 is 5.73 Å². The number of aryl methyl sites for hydroxylation is 1. The van der Waals surface area contributed by atoms with Crippen molar-refractivity contribution >= 4 is 0 Å². The van der Waals surface area contributed by atoms with Crippen LogP contribution in [0.15, 0.2) is 48.5 Å². The number of fused-ring (bicyclic) bond motifs is 1. The minimum atomic E-state index is -0.191. The van der Waals surface area contributed by atoms with E-state index in [-0.39, 0.29) is 11.9 Å². The van der Waals surface area contributed by atoms with Crippen molar-refractivity contribution in [3.05, 3.63) is 71.0 Å². The van der Waals surface area contributed by atoms with E-state index in [0.717, 1.165) is 24.8 Å². The molecule has 0 fully saturated rings. The zero-order valence-electron chi connectivity index (χ0n) is 10.9. The molecule has 2 aromatic carbocycles. The molecule has 0 saturated heterocycles. The van der Waals surface area contributed by atoms with Crippen LogP contribution in [-0.4, -0.2) is 6.04 Å². The molecular weight excluding hydrogens is 237 g/mol. The predicted molar refractivity (Wildman–Crippen MR) is 75.6 cm³/mol. The molecule has 98 valence electrons. The highest BCUT2D eigenvalue weighted by molar-refractivity contribution is 5.36. The first-order valence-corrected chi connectivity index (χ1v) is 6.82. The van der Waals surface area contributed by atoms with Gasteiger partial charge in [-0.05, 0) is 54.0 Å². The molecule has 0 aliphatic heterocycles. The number of hydrogen-bond acceptors (Lipinski definition) is 1. The van der Waals surface area contributed by atoms with Gasteiger partial charge in [0.2, 0.25) is 0 Å². The van der Waals surface area contributed by atoms with Crippen LogP contribution < -0.4 is 5.73 Å². The van der Waals surface area contributed by atoms with E-state index in [2.05, 4.69) is 24.3 Å². The average molecular weight is 255 g/mol. The van der Waals surface area contributed by atoms with Crippen LogP contribution >= 0.6 is 0 Å². The van der Waals surface area contributed by atoms with E-state index >= 15 is 0 Å². The monoisotopic (exact) mass is 255 g/mol. The van der Waals surface area contributed by atoms with Crippen molar-refractivity contribution in [2.75, 3.05) is 0 Å². The summed E-state index contributed by atoms with van der Waals surface area (Å²) in [5, 5.41) is 0. The van der Waals surface area contributed by atoms with Crippen LogP contribution in [0.3, 0.4) is 0 Å². The molecule has 1 aliphatic rings. The third-order valence-corrected chi connectivity index (χ3v) is 4.08. The van der Waals surface area contributed by atoms with Gasteiger partial charge in [-0.2, -0.15) is 0 Å². The molecule has 0 bridgehead atoms. The zero-order valence-corrected chi connectivity index (χ0v) is 10.9. The molecule has 19 heavy (non-hydrogen) atoms. The van der Waals surface area contributed by atoms with Crippen molar-refractivity contribution in [1.29, 1.82) is 0 Å². The topological polar surface area (TPSA) is 26.0 Å². The Morgan fingerprint density at radius 1 is 1.11 bits per heavy atom. The molecule has 1 nitrogen and oxygen atoms in total. The lowest BCUT2D eigenvalue weighted by molar-refractivity contribution is 0.524. The van der Waals surface area contributed by atoms with E-state index in [9.17, 15) is 4.39 Å². The largest absolute Gasteiger partial charge is 0.327 e. The lowest BCUT2D eigenvalue weighted by Gasteiger charge is -2.20. The van der Waals surface area contributed by atoms with Crippen LogP contribution in [0, 0.1) is 5.82 Å². The summed E-state index contributed by atoms with van der Waals surface area (Å²) in [7, 11) is 0. The van der Waals surface area contributed by atoms with E-state index in [1.165, 1.54) is 23.3 Å². The molecular formula is C17H18FN. The van der Waals surface area contributed by atoms with Gasteiger partial charge >= 0.3 is 0 Å². The minimum absolute atomic E-state index is 0.106. The van der Waals surface area contributed by atoms with Crippen LogP contribution in [0.25, 0.3) is 0 Å². The molecule has 1 aliphatic carbocycles. The molecule has 0 spiro atoms. The normalized spacial score (nSPS) is 19.2. The van der Waals surface area contributed by atoms with Gasteiger partial charge in [-0.25, -0.2) is 4.39 Å². The first-order valence-electron chi connectivity index (χ1n) is 6.82. The number of halogens is 1. The standard InChI is InChI=1S/C17H18FN/c18-14-8-5-12(6-9-14)11-17(19)16-10-7-13-3-1-2-4-15(13)16/h1-6,8-9,16-17H,7,10-11,19H2. The first kappa shape index (κ1) is 12.4. The highest BCUT2D eigenvalue weighted by atomic mass is 19.1. The summed E-state index contributed by atoms with van der Waals surface area (Å²) in [6.45, 7) is 0. The molecule has 2 heteroatoms. The number of nitrogens with two attached hydrogens (primary N) is 1. The Morgan fingerprint density at radius 2 is 1.84 bits per heavy atom. The molecule has 0 saturated carbocycles. The molecule has 2 N–H and O–H groups in total. The number of hydrogen-bond donors (Lipinski definition) is 1. The van der Waals surface area contributed by atoms with Gasteiger partial charge in [-0.1, -0.05) is 36.4 Å². The van der Waals surface area contributed by atoms with E-state index in [1.54, 1.807) is 0 Å². The second kappa shape index (κ2) is 5.14. The Hall–Kier alpha value is -1.67. The smallest absolute Gasteiger partial charge is 0.123 e. The molecule has 2 unspecified atom stereocenters. The van der Waals surface area contributed by atoms with E-state index in [4.69, 9.17) is 5.73 Å². The van der Waals surface area contributed by atoms with Crippen LogP contribution in [0.1, 0.15) is 29.0 Å². The van der Waals surface area contributed by atoms with Crippen LogP contribution in [0.5, 0.6) is 0 Å². The highest BCUT2D eigenvalue weighted by Crippen LogP contribution is 2.35. The average Bonchev–Trinajstić information content (AvgIpc) is 2.85. The Morgan fingerprint density at radius 3 is 2.63 bits per heavy atom. The quantitative estimate of drug-likeness (QED) is 0.893. The molecule has 2 atom stereocenters. The Kier molecular flexibility index (Phi) is 3.34. The van der Waals surface area contributed by atoms with Crippen LogP contribution in [0.2, 0.25) is 0 Å². The number of rotatable bonds is 3. The summed E-state index contributed by atoms with van der Waals surface area (Å²) in [6.07, 6.45) is 3.05. The maximum Gasteiger partial charge on any atom is 0.123 e. The fourth-order valence-corrected chi connectivity index (χ4v) is 3.07. The lowest BCUT2D eigenvalue weighted by atomic mass is 9.89. The van der Waals surface area contributed by atoms with E-state index in [1.807, 2.05) is 12.1 Å². The minimum Gasteiger partial charge on any atom is -0.327 e. The van der Waals surface area contributed by atoms with Gasteiger partial charge in [-0.15, -0.1) is 0 Å². The zero-order chi connectivity index (χ0) is 13.2. The Labute approximate surface area is 113 Å². The summed E-state index contributed by atoms with van der Waals surface area (Å²) in [5.74, 6) is 0.241. The summed E-state index contributed by atoms with van der Waals surface area (Å²) < 4.78 is 12.9. The summed E-state index contributed by atoms with van der Waals surface area (Å²) in [4.78, 5) is 0. The van der Waals surface area contributed by atoms with E-state index < -0.39 is 0 Å². The maximum atomic E-state index is 12.9. The molecule has 0 radical (unpaired) electrons. The fourth-order valence-electron chi connectivity index (χ4n) is 3.07. The van der Waals surface area contributed by atoms with Crippen LogP contribution in [-0.2, 0) is 12.8 Å². The van der Waals surface area contributed by atoms with Gasteiger partial charge in [0.25, 0.3) is 0 Å². The first-order chi connectivity index (χ1) is 9.24. The molecule has 0 heterocycles. The second-order valence-corrected chi connectivity index (χ2v) is 5.34. The molecule has 2 aromatic rings. The van der Waals surface area contributed by atoms with E-state index in [0.29, 0.717) is 5.92 Å². The van der Waals surface area contributed by atoms with Gasteiger partial charge in [-0.3, -0.25) is 0 Å². The van der Waals surface area contributed by atoms with Crippen LogP contribution in [0.4, 0.5) is 4.39 Å². The van der Waals surface area contributed by atoms with Crippen molar-refractivity contribution in [1.82, 2.24) is 0 Å². The Balaban J connectivity index is 1.75. The molecule has 0 aromatic heterocycles. The van der Waals surface area contributed by atoms with Gasteiger partial charge in [0.15, 0.2) is 0 Å². The summed E-state index contributed by atoms with van der Waals surface area (Å²) in [6, 6.07) is 15.3. The molecule has 0 amide bonds. The third-order valence-electron chi connectivity index (χ3n) is 4.08. The summed E-state index contributed by atoms with van der Waals surface area (Å²) in [5.41, 5.74) is 10.3. The van der Waals surface area contributed by atoms with Gasteiger partial charge in [0, 0.05) is 6.04 Å². The number of benzene rings is 2. The van der Waals surface area contributed by atoms with Crippen molar-refractivity contribution in [2.45, 2.75) is 31.2 Å². The lowest BCUT2D eigenvalue weighted by Crippen LogP contribution is -2.29. The Bertz CT molecular complexity index is 562. The van der Waals surface area contributed by atoms with Crippen molar-refractivity contribution in [3.63, 3.8) is 0 Å². The summed E-state index contributed by atoms with van der Waals surface area (Å²) >= 11 is 0. The van der Waals surface area contributed by atoms with Gasteiger partial charge in [0.05, 0.1) is 0 Å². The highest BCUT2D eigenvalue weighted by Gasteiger charge is 2.27. The second-order valence-electron chi connectivity index (χ2n) is 5.34. The van der Waals surface area contributed by atoms with Crippen molar-refractivity contribution < 1.29 is 4.39 Å².